The Morgan fingerprint density at radius 2 is 1.78 bits per heavy atom. The van der Waals surface area contributed by atoms with Crippen LogP contribution in [0.5, 0.6) is 5.75 Å². The summed E-state index contributed by atoms with van der Waals surface area (Å²) in [5, 5.41) is 4.37. The third-order valence-corrected chi connectivity index (χ3v) is 8.45. The van der Waals surface area contributed by atoms with E-state index in [9.17, 15) is 13.2 Å². The number of hydrogen-bond acceptors (Lipinski definition) is 6. The van der Waals surface area contributed by atoms with E-state index in [-0.39, 0.29) is 12.4 Å². The fraction of sp³-hybridized carbons (Fsp3) is 0.308. The zero-order chi connectivity index (χ0) is 25.7. The summed E-state index contributed by atoms with van der Waals surface area (Å²) >= 11 is 6.13. The molecule has 0 unspecified atom stereocenters. The van der Waals surface area contributed by atoms with Crippen LogP contribution >= 0.6 is 11.6 Å². The molecule has 3 aromatic rings. The molecule has 1 aliphatic rings. The molecule has 0 radical (unpaired) electrons. The predicted molar refractivity (Wildman–Crippen MR) is 144 cm³/mol. The van der Waals surface area contributed by atoms with Gasteiger partial charge in [0.1, 0.15) is 12.3 Å². The summed E-state index contributed by atoms with van der Waals surface area (Å²) in [5.74, 6) is 0.155. The number of anilines is 1. The smallest absolute Gasteiger partial charge is 0.316 e. The standard InChI is InChI=1S/C26H29ClN4O4S/c1-20(2)36(33,34)30-15-13-29(14-16-30)24-19-28-31(23-12-6-11-22(27)18-23)26(32)25(24)35-17-7-10-21-8-4-3-5-9-21/h3-12,18-20H,13-17H2,1-2H3. The summed E-state index contributed by atoms with van der Waals surface area (Å²) in [4.78, 5) is 15.4. The van der Waals surface area contributed by atoms with Gasteiger partial charge in [-0.15, -0.1) is 0 Å². The lowest BCUT2D eigenvalue weighted by atomic mass is 10.2. The second-order valence-corrected chi connectivity index (χ2v) is 11.6. The Hall–Kier alpha value is -3.14. The van der Waals surface area contributed by atoms with Crippen LogP contribution in [0.3, 0.4) is 0 Å². The van der Waals surface area contributed by atoms with Crippen LogP contribution in [-0.4, -0.2) is 60.5 Å². The Morgan fingerprint density at radius 3 is 2.44 bits per heavy atom. The van der Waals surface area contributed by atoms with Gasteiger partial charge in [0, 0.05) is 31.2 Å². The monoisotopic (exact) mass is 528 g/mol. The molecule has 0 amide bonds. The SMILES string of the molecule is CC(C)S(=O)(=O)N1CCN(c2cnn(-c3cccc(Cl)c3)c(=O)c2OCC=Cc2ccccc2)CC1. The molecular weight excluding hydrogens is 500 g/mol. The van der Waals surface area contributed by atoms with Crippen LogP contribution in [0.15, 0.2) is 71.7 Å². The van der Waals surface area contributed by atoms with Crippen LogP contribution in [-0.2, 0) is 10.0 Å². The molecule has 1 aromatic heterocycles. The van der Waals surface area contributed by atoms with Crippen molar-refractivity contribution in [2.75, 3.05) is 37.7 Å². The normalized spacial score (nSPS) is 15.1. The second-order valence-electron chi connectivity index (χ2n) is 8.66. The number of halogens is 1. The maximum atomic E-state index is 13.5. The van der Waals surface area contributed by atoms with E-state index in [0.29, 0.717) is 42.6 Å². The van der Waals surface area contributed by atoms with Crippen LogP contribution < -0.4 is 15.2 Å². The van der Waals surface area contributed by atoms with Crippen LogP contribution in [0, 0.1) is 0 Å². The van der Waals surface area contributed by atoms with Gasteiger partial charge in [0.2, 0.25) is 15.8 Å². The van der Waals surface area contributed by atoms with Crippen molar-refractivity contribution in [2.24, 2.45) is 0 Å². The molecule has 8 nitrogen and oxygen atoms in total. The van der Waals surface area contributed by atoms with E-state index in [1.165, 1.54) is 8.99 Å². The topological polar surface area (TPSA) is 84.7 Å². The van der Waals surface area contributed by atoms with Gasteiger partial charge in [0.05, 0.1) is 17.1 Å². The predicted octanol–water partition coefficient (Wildman–Crippen LogP) is 3.84. The van der Waals surface area contributed by atoms with Gasteiger partial charge in [-0.1, -0.05) is 54.1 Å². The van der Waals surface area contributed by atoms with E-state index in [1.54, 1.807) is 44.3 Å². The summed E-state index contributed by atoms with van der Waals surface area (Å²) in [5.41, 5.74) is 1.67. The van der Waals surface area contributed by atoms with E-state index in [0.717, 1.165) is 5.56 Å². The number of rotatable bonds is 8. The van der Waals surface area contributed by atoms with Crippen molar-refractivity contribution < 1.29 is 13.2 Å². The minimum atomic E-state index is -3.34. The van der Waals surface area contributed by atoms with Crippen molar-refractivity contribution in [1.82, 2.24) is 14.1 Å². The number of piperazine rings is 1. The zero-order valence-corrected chi connectivity index (χ0v) is 21.8. The molecule has 0 N–H and O–H groups in total. The first kappa shape index (κ1) is 25.9. The number of sulfonamides is 1. The van der Waals surface area contributed by atoms with Crippen molar-refractivity contribution in [3.63, 3.8) is 0 Å². The van der Waals surface area contributed by atoms with Gasteiger partial charge in [-0.2, -0.15) is 14.1 Å². The lowest BCUT2D eigenvalue weighted by molar-refractivity contribution is 0.348. The van der Waals surface area contributed by atoms with Gasteiger partial charge in [-0.25, -0.2) is 8.42 Å². The van der Waals surface area contributed by atoms with Crippen LogP contribution in [0.1, 0.15) is 19.4 Å². The van der Waals surface area contributed by atoms with Crippen LogP contribution in [0.4, 0.5) is 5.69 Å². The van der Waals surface area contributed by atoms with Crippen molar-refractivity contribution in [3.8, 4) is 11.4 Å². The highest BCUT2D eigenvalue weighted by Gasteiger charge is 2.31. The van der Waals surface area contributed by atoms with Crippen LogP contribution in [0.25, 0.3) is 11.8 Å². The van der Waals surface area contributed by atoms with Crippen molar-refractivity contribution in [1.29, 1.82) is 0 Å². The Balaban J connectivity index is 1.61. The third-order valence-electron chi connectivity index (χ3n) is 5.94. The lowest BCUT2D eigenvalue weighted by Crippen LogP contribution is -2.50. The van der Waals surface area contributed by atoms with Gasteiger partial charge >= 0.3 is 5.56 Å². The summed E-state index contributed by atoms with van der Waals surface area (Å²) in [6.45, 7) is 5.02. The van der Waals surface area contributed by atoms with E-state index in [4.69, 9.17) is 16.3 Å². The van der Waals surface area contributed by atoms with E-state index >= 15 is 0 Å². The fourth-order valence-electron chi connectivity index (χ4n) is 3.94. The minimum absolute atomic E-state index is 0.155. The highest BCUT2D eigenvalue weighted by molar-refractivity contribution is 7.89. The molecule has 36 heavy (non-hydrogen) atoms. The largest absolute Gasteiger partial charge is 0.482 e. The van der Waals surface area contributed by atoms with Crippen molar-refractivity contribution in [2.45, 2.75) is 19.1 Å². The number of aromatic nitrogens is 2. The Kier molecular flexibility index (Phi) is 8.13. The molecule has 2 aromatic carbocycles. The van der Waals surface area contributed by atoms with Crippen molar-refractivity contribution >= 4 is 33.4 Å². The summed E-state index contributed by atoms with van der Waals surface area (Å²) in [6.07, 6.45) is 5.35. The molecule has 1 fully saturated rings. The van der Waals surface area contributed by atoms with Gasteiger partial charge in [0.15, 0.2) is 0 Å². The average Bonchev–Trinajstić information content (AvgIpc) is 2.88. The molecular formula is C26H29ClN4O4S. The molecule has 0 aliphatic carbocycles. The first-order valence-corrected chi connectivity index (χ1v) is 13.6. The van der Waals surface area contributed by atoms with Gasteiger partial charge in [-0.3, -0.25) is 4.79 Å². The maximum Gasteiger partial charge on any atom is 0.316 e. The average molecular weight is 529 g/mol. The molecule has 10 heteroatoms. The Morgan fingerprint density at radius 1 is 1.06 bits per heavy atom. The van der Waals surface area contributed by atoms with E-state index < -0.39 is 20.8 Å². The summed E-state index contributed by atoms with van der Waals surface area (Å²) < 4.78 is 33.9. The number of hydrogen-bond donors (Lipinski definition) is 0. The van der Waals surface area contributed by atoms with E-state index in [1.807, 2.05) is 47.4 Å². The van der Waals surface area contributed by atoms with Gasteiger partial charge in [-0.05, 0) is 43.7 Å². The maximum absolute atomic E-state index is 13.5. The molecule has 0 spiro atoms. The first-order valence-electron chi connectivity index (χ1n) is 11.7. The molecule has 2 heterocycles. The Bertz CT molecular complexity index is 1380. The van der Waals surface area contributed by atoms with Crippen molar-refractivity contribution in [3.05, 3.63) is 87.8 Å². The van der Waals surface area contributed by atoms with Crippen LogP contribution in [0.2, 0.25) is 5.02 Å². The van der Waals surface area contributed by atoms with Gasteiger partial charge in [0.25, 0.3) is 0 Å². The number of benzene rings is 2. The highest BCUT2D eigenvalue weighted by atomic mass is 35.5. The highest BCUT2D eigenvalue weighted by Crippen LogP contribution is 2.27. The van der Waals surface area contributed by atoms with Gasteiger partial charge < -0.3 is 9.64 Å². The van der Waals surface area contributed by atoms with E-state index in [2.05, 4.69) is 5.10 Å². The fourth-order valence-corrected chi connectivity index (χ4v) is 5.40. The third kappa shape index (κ3) is 5.80. The minimum Gasteiger partial charge on any atom is -0.482 e. The molecule has 0 bridgehead atoms. The molecule has 1 aliphatic heterocycles. The second kappa shape index (κ2) is 11.3. The molecule has 0 atom stereocenters. The molecule has 190 valence electrons. The molecule has 0 saturated carbocycles. The summed E-state index contributed by atoms with van der Waals surface area (Å²) in [6, 6.07) is 16.7. The molecule has 4 rings (SSSR count). The number of ether oxygens (including phenoxy) is 1. The molecule has 1 saturated heterocycles. The first-order chi connectivity index (χ1) is 17.3. The quantitative estimate of drug-likeness (QED) is 0.441. The number of nitrogens with zero attached hydrogens (tertiary/aromatic N) is 4. The zero-order valence-electron chi connectivity index (χ0n) is 20.2. The Labute approximate surface area is 216 Å². The lowest BCUT2D eigenvalue weighted by Gasteiger charge is -2.36. The summed E-state index contributed by atoms with van der Waals surface area (Å²) in [7, 11) is -3.34.